The Morgan fingerprint density at radius 2 is 0.781 bits per heavy atom. The van der Waals surface area contributed by atoms with E-state index in [-0.39, 0.29) is 0 Å². The zero-order chi connectivity index (χ0) is 42.5. The molecule has 10 aromatic rings. The molecule has 1 heterocycles. The summed E-state index contributed by atoms with van der Waals surface area (Å²) in [5.74, 6) is 0. The van der Waals surface area contributed by atoms with Gasteiger partial charge in [0, 0.05) is 50.5 Å². The molecule has 2 aliphatic rings. The van der Waals surface area contributed by atoms with Crippen molar-refractivity contribution in [2.24, 2.45) is 0 Å². The van der Waals surface area contributed by atoms with Gasteiger partial charge in [-0.2, -0.15) is 0 Å². The highest BCUT2D eigenvalue weighted by Gasteiger charge is 2.48. The number of fused-ring (bicyclic) bond motifs is 8. The highest BCUT2D eigenvalue weighted by Crippen LogP contribution is 2.56. The molecular weight excluding hydrogens is 777 g/mol. The van der Waals surface area contributed by atoms with Gasteiger partial charge in [0.15, 0.2) is 5.60 Å². The molecule has 0 radical (unpaired) electrons. The van der Waals surface area contributed by atoms with Crippen LogP contribution < -0.4 is 9.80 Å². The standard InChI is InChI=1S/C61H42N2O/c1-3-16-49(17-4-1)62(53-39-34-48-40-41-64-61(59(48)42-53)57-23-11-9-21-55(57)56-22-10-12-24-58(56)61)51-35-30-45(31-36-51)43-26-28-44(29-27-43)46-32-37-52(38-33-46)63(50-18-5-2-6-19-50)60-25-13-15-47-14-7-8-20-54(47)60/h1-42H. The smallest absolute Gasteiger partial charge is 0.185 e. The molecule has 0 saturated carbocycles. The van der Waals surface area contributed by atoms with Crippen molar-refractivity contribution in [3.8, 4) is 33.4 Å². The van der Waals surface area contributed by atoms with E-state index < -0.39 is 5.60 Å². The van der Waals surface area contributed by atoms with E-state index in [1.54, 1.807) is 0 Å². The summed E-state index contributed by atoms with van der Waals surface area (Å²) >= 11 is 0. The third-order valence-corrected chi connectivity index (χ3v) is 12.9. The van der Waals surface area contributed by atoms with E-state index in [0.29, 0.717) is 0 Å². The maximum absolute atomic E-state index is 6.81. The highest BCUT2D eigenvalue weighted by molar-refractivity contribution is 5.99. The van der Waals surface area contributed by atoms with Gasteiger partial charge < -0.3 is 14.5 Å². The number of hydrogen-bond acceptors (Lipinski definition) is 3. The first-order valence-corrected chi connectivity index (χ1v) is 21.9. The van der Waals surface area contributed by atoms with Crippen LogP contribution in [0.5, 0.6) is 0 Å². The van der Waals surface area contributed by atoms with Gasteiger partial charge in [-0.3, -0.25) is 0 Å². The molecule has 0 unspecified atom stereocenters. The van der Waals surface area contributed by atoms with Gasteiger partial charge >= 0.3 is 0 Å². The van der Waals surface area contributed by atoms with Crippen molar-refractivity contribution in [2.75, 3.05) is 9.80 Å². The van der Waals surface area contributed by atoms with E-state index >= 15 is 0 Å². The van der Waals surface area contributed by atoms with Gasteiger partial charge in [-0.1, -0.05) is 176 Å². The summed E-state index contributed by atoms with van der Waals surface area (Å²) in [6, 6.07) is 87.2. The molecule has 1 aliphatic heterocycles. The minimum Gasteiger partial charge on any atom is -0.481 e. The fourth-order valence-corrected chi connectivity index (χ4v) is 9.91. The summed E-state index contributed by atoms with van der Waals surface area (Å²) in [4.78, 5) is 4.69. The van der Waals surface area contributed by atoms with Crippen molar-refractivity contribution in [2.45, 2.75) is 5.60 Å². The van der Waals surface area contributed by atoms with Gasteiger partial charge in [0.25, 0.3) is 0 Å². The summed E-state index contributed by atoms with van der Waals surface area (Å²) in [7, 11) is 0. The van der Waals surface area contributed by atoms with Crippen LogP contribution in [-0.4, -0.2) is 0 Å². The van der Waals surface area contributed by atoms with Crippen LogP contribution in [0.4, 0.5) is 34.1 Å². The predicted molar refractivity (Wildman–Crippen MR) is 266 cm³/mol. The van der Waals surface area contributed by atoms with Crippen LogP contribution in [0.3, 0.4) is 0 Å². The Bertz CT molecular complexity index is 3290. The first-order valence-electron chi connectivity index (χ1n) is 21.9. The zero-order valence-corrected chi connectivity index (χ0v) is 35.1. The molecule has 64 heavy (non-hydrogen) atoms. The molecule has 0 aromatic heterocycles. The van der Waals surface area contributed by atoms with Gasteiger partial charge in [-0.15, -0.1) is 0 Å². The van der Waals surface area contributed by atoms with E-state index in [1.165, 1.54) is 49.7 Å². The fraction of sp³-hybridized carbons (Fsp3) is 0.0164. The van der Waals surface area contributed by atoms with Gasteiger partial charge in [0.1, 0.15) is 0 Å². The molecule has 0 N–H and O–H groups in total. The summed E-state index contributed by atoms with van der Waals surface area (Å²) < 4.78 is 6.81. The number of benzene rings is 10. The van der Waals surface area contributed by atoms with Crippen molar-refractivity contribution in [3.63, 3.8) is 0 Å². The summed E-state index contributed by atoms with van der Waals surface area (Å²) in [5, 5.41) is 2.44. The molecule has 12 rings (SSSR count). The highest BCUT2D eigenvalue weighted by atomic mass is 16.5. The molecule has 0 amide bonds. The minimum absolute atomic E-state index is 0.742. The van der Waals surface area contributed by atoms with E-state index in [0.717, 1.165) is 50.8 Å². The molecule has 0 fully saturated rings. The number of rotatable bonds is 8. The number of ether oxygens (including phenoxy) is 1. The Hall–Kier alpha value is -8.40. The van der Waals surface area contributed by atoms with E-state index in [4.69, 9.17) is 4.74 Å². The SMILES string of the molecule is C1=Cc2ccc(N(c3ccccc3)c3ccc(-c4ccc(-c5ccc(N(c6ccccc6)c6cccc7ccccc67)cc5)cc4)cc3)cc2C2(O1)c1ccccc1-c1ccccc12. The number of hydrogen-bond donors (Lipinski definition) is 0. The van der Waals surface area contributed by atoms with Crippen LogP contribution in [0.2, 0.25) is 0 Å². The molecule has 1 aliphatic carbocycles. The van der Waals surface area contributed by atoms with Crippen LogP contribution in [-0.2, 0) is 10.3 Å². The average Bonchev–Trinajstić information content (AvgIpc) is 3.65. The Kier molecular flexibility index (Phi) is 9.05. The summed E-state index contributed by atoms with van der Waals surface area (Å²) in [6.45, 7) is 0. The molecular formula is C61H42N2O. The quantitative estimate of drug-likeness (QED) is 0.152. The molecule has 3 heteroatoms. The maximum Gasteiger partial charge on any atom is 0.185 e. The van der Waals surface area contributed by atoms with Crippen molar-refractivity contribution in [1.29, 1.82) is 0 Å². The molecule has 10 aromatic carbocycles. The van der Waals surface area contributed by atoms with E-state index in [1.807, 2.05) is 6.26 Å². The molecule has 1 spiro atoms. The second-order valence-electron chi connectivity index (χ2n) is 16.5. The van der Waals surface area contributed by atoms with Crippen LogP contribution in [0.15, 0.2) is 249 Å². The lowest BCUT2D eigenvalue weighted by atomic mass is 9.80. The van der Waals surface area contributed by atoms with Crippen molar-refractivity contribution < 1.29 is 4.74 Å². The zero-order valence-electron chi connectivity index (χ0n) is 35.1. The van der Waals surface area contributed by atoms with E-state index in [2.05, 4.69) is 259 Å². The Morgan fingerprint density at radius 3 is 1.39 bits per heavy atom. The van der Waals surface area contributed by atoms with Gasteiger partial charge in [0.2, 0.25) is 0 Å². The second kappa shape index (κ2) is 15.5. The largest absolute Gasteiger partial charge is 0.481 e. The lowest BCUT2D eigenvalue weighted by Crippen LogP contribution is -2.31. The average molecular weight is 819 g/mol. The van der Waals surface area contributed by atoms with Crippen LogP contribution in [0, 0.1) is 0 Å². The third kappa shape index (κ3) is 6.20. The van der Waals surface area contributed by atoms with Crippen LogP contribution >= 0.6 is 0 Å². The van der Waals surface area contributed by atoms with Gasteiger partial charge in [0.05, 0.1) is 11.9 Å². The normalized spacial score (nSPS) is 12.9. The number of para-hydroxylation sites is 2. The molecule has 0 bridgehead atoms. The summed E-state index contributed by atoms with van der Waals surface area (Å²) in [5.41, 5.74) is 17.6. The summed E-state index contributed by atoms with van der Waals surface area (Å²) in [6.07, 6.45) is 3.95. The Morgan fingerprint density at radius 1 is 0.328 bits per heavy atom. The van der Waals surface area contributed by atoms with Crippen LogP contribution in [0.1, 0.15) is 22.3 Å². The Balaban J connectivity index is 0.853. The van der Waals surface area contributed by atoms with Crippen LogP contribution in [0.25, 0.3) is 50.2 Å². The first kappa shape index (κ1) is 37.4. The lowest BCUT2D eigenvalue weighted by molar-refractivity contribution is 0.100. The Labute approximate surface area is 374 Å². The van der Waals surface area contributed by atoms with E-state index in [9.17, 15) is 0 Å². The molecule has 3 nitrogen and oxygen atoms in total. The van der Waals surface area contributed by atoms with Crippen molar-refractivity contribution >= 4 is 51.0 Å². The third-order valence-electron chi connectivity index (χ3n) is 12.9. The fourth-order valence-electron chi connectivity index (χ4n) is 9.91. The maximum atomic E-state index is 6.81. The monoisotopic (exact) mass is 818 g/mol. The van der Waals surface area contributed by atoms with Gasteiger partial charge in [-0.25, -0.2) is 0 Å². The number of nitrogens with zero attached hydrogens (tertiary/aromatic N) is 2. The molecule has 302 valence electrons. The van der Waals surface area contributed by atoms with Gasteiger partial charge in [-0.05, 0) is 117 Å². The topological polar surface area (TPSA) is 15.7 Å². The number of anilines is 6. The van der Waals surface area contributed by atoms with Crippen molar-refractivity contribution in [3.05, 3.63) is 271 Å². The minimum atomic E-state index is -0.742. The molecule has 0 saturated heterocycles. The lowest BCUT2D eigenvalue weighted by Gasteiger charge is -2.37. The van der Waals surface area contributed by atoms with Crippen molar-refractivity contribution in [1.82, 2.24) is 0 Å². The predicted octanol–water partition coefficient (Wildman–Crippen LogP) is 16.4. The first-order chi connectivity index (χ1) is 31.7. The second-order valence-corrected chi connectivity index (χ2v) is 16.5. The molecule has 0 atom stereocenters.